The number of aromatic nitrogens is 2. The standard InChI is InChI=1S/C22H20N2OP.HI/c1-23-15-16-24(18-23)19-9-8-14-22(17-19)26(25,20-10-4-2-5-11-20)21-12-6-3-7-13-21;/h2-18H,1H3;1H/q+1;/p-1. The van der Waals surface area contributed by atoms with Crippen LogP contribution >= 0.6 is 7.14 Å². The highest BCUT2D eigenvalue weighted by molar-refractivity contribution is 7.85. The summed E-state index contributed by atoms with van der Waals surface area (Å²) in [4.78, 5) is 0. The third-order valence-electron chi connectivity index (χ3n) is 4.50. The molecule has 0 aliphatic heterocycles. The Morgan fingerprint density at radius 3 is 1.85 bits per heavy atom. The quantitative estimate of drug-likeness (QED) is 0.226. The lowest BCUT2D eigenvalue weighted by Crippen LogP contribution is -3.00. The maximum absolute atomic E-state index is 14.4. The van der Waals surface area contributed by atoms with E-state index in [-0.39, 0.29) is 24.0 Å². The fraction of sp³-hybridized carbons (Fsp3) is 0.0455. The highest BCUT2D eigenvalue weighted by atomic mass is 127. The molecule has 0 spiro atoms. The summed E-state index contributed by atoms with van der Waals surface area (Å²) in [7, 11) is -0.952. The van der Waals surface area contributed by atoms with Crippen molar-refractivity contribution in [2.45, 2.75) is 0 Å². The van der Waals surface area contributed by atoms with Gasteiger partial charge in [-0.05, 0) is 12.1 Å². The molecule has 136 valence electrons. The molecule has 4 rings (SSSR count). The lowest BCUT2D eigenvalue weighted by Gasteiger charge is -2.20. The minimum atomic E-state index is -2.94. The van der Waals surface area contributed by atoms with Gasteiger partial charge < -0.3 is 28.5 Å². The summed E-state index contributed by atoms with van der Waals surface area (Å²) in [6.45, 7) is 0. The highest BCUT2D eigenvalue weighted by Gasteiger charge is 2.30. The molecular weight excluding hydrogens is 466 g/mol. The van der Waals surface area contributed by atoms with Crippen molar-refractivity contribution >= 4 is 23.1 Å². The summed E-state index contributed by atoms with van der Waals surface area (Å²) in [5.74, 6) is 0. The van der Waals surface area contributed by atoms with E-state index in [2.05, 4.69) is 0 Å². The second kappa shape index (κ2) is 8.24. The Balaban J connectivity index is 0.00000210. The molecule has 1 heterocycles. The number of imidazole rings is 1. The van der Waals surface area contributed by atoms with Crippen molar-refractivity contribution in [3.8, 4) is 5.69 Å². The van der Waals surface area contributed by atoms with E-state index >= 15 is 0 Å². The van der Waals surface area contributed by atoms with Gasteiger partial charge in [-0.25, -0.2) is 9.13 Å². The normalized spacial score (nSPS) is 11.0. The number of halogens is 1. The van der Waals surface area contributed by atoms with Crippen LogP contribution in [0.5, 0.6) is 0 Å². The van der Waals surface area contributed by atoms with E-state index in [9.17, 15) is 4.57 Å². The first kappa shape index (κ1) is 19.6. The smallest absolute Gasteiger partial charge is 0.248 e. The summed E-state index contributed by atoms with van der Waals surface area (Å²) >= 11 is 0. The van der Waals surface area contributed by atoms with Crippen LogP contribution in [-0.4, -0.2) is 4.57 Å². The topological polar surface area (TPSA) is 25.9 Å². The molecule has 3 nitrogen and oxygen atoms in total. The SMILES string of the molecule is C[n+]1ccn(-c2cccc(P(=O)(c3ccccc3)c3ccccc3)c2)c1.[I-]. The number of nitrogens with zero attached hydrogens (tertiary/aromatic N) is 2. The predicted molar refractivity (Wildman–Crippen MR) is 106 cm³/mol. The van der Waals surface area contributed by atoms with E-state index < -0.39 is 7.14 Å². The molecule has 0 radical (unpaired) electrons. The van der Waals surface area contributed by atoms with Crippen molar-refractivity contribution in [1.82, 2.24) is 4.57 Å². The Kier molecular flexibility index (Phi) is 5.98. The number of rotatable bonds is 4. The van der Waals surface area contributed by atoms with E-state index in [1.54, 1.807) is 0 Å². The largest absolute Gasteiger partial charge is 1.00 e. The molecule has 27 heavy (non-hydrogen) atoms. The predicted octanol–water partition coefficient (Wildman–Crippen LogP) is -0.0548. The number of hydrogen-bond acceptors (Lipinski definition) is 1. The van der Waals surface area contributed by atoms with Gasteiger partial charge in [0.1, 0.15) is 18.1 Å². The Labute approximate surface area is 176 Å². The van der Waals surface area contributed by atoms with E-state index in [4.69, 9.17) is 0 Å². The van der Waals surface area contributed by atoms with Crippen LogP contribution in [0.2, 0.25) is 0 Å². The van der Waals surface area contributed by atoms with Crippen LogP contribution in [0.25, 0.3) is 5.69 Å². The molecule has 0 fully saturated rings. The van der Waals surface area contributed by atoms with Gasteiger partial charge in [0.25, 0.3) is 0 Å². The fourth-order valence-corrected chi connectivity index (χ4v) is 5.86. The van der Waals surface area contributed by atoms with Crippen molar-refractivity contribution in [1.29, 1.82) is 0 Å². The Morgan fingerprint density at radius 2 is 1.33 bits per heavy atom. The second-order valence-corrected chi connectivity index (χ2v) is 9.05. The summed E-state index contributed by atoms with van der Waals surface area (Å²) in [5.41, 5.74) is 0.996. The van der Waals surface area contributed by atoms with E-state index in [1.165, 1.54) is 0 Å². The van der Waals surface area contributed by atoms with E-state index in [1.807, 2.05) is 120 Å². The molecule has 0 amide bonds. The molecule has 0 saturated carbocycles. The van der Waals surface area contributed by atoms with Gasteiger partial charge in [0.05, 0.1) is 7.05 Å². The summed E-state index contributed by atoms with van der Waals surface area (Å²) in [6, 6.07) is 27.5. The zero-order chi connectivity index (χ0) is 18.0. The molecule has 0 bridgehead atoms. The number of aryl methyl sites for hydroxylation is 1. The molecule has 1 aromatic heterocycles. The van der Waals surface area contributed by atoms with Gasteiger partial charge in [-0.2, -0.15) is 0 Å². The average molecular weight is 486 g/mol. The van der Waals surface area contributed by atoms with Crippen LogP contribution in [0, 0.1) is 0 Å². The molecule has 0 N–H and O–H groups in total. The van der Waals surface area contributed by atoms with Crippen LogP contribution in [0.4, 0.5) is 0 Å². The molecule has 3 aromatic carbocycles. The zero-order valence-electron chi connectivity index (χ0n) is 14.9. The first-order valence-corrected chi connectivity index (χ1v) is 10.2. The van der Waals surface area contributed by atoms with Gasteiger partial charge in [-0.1, -0.05) is 72.8 Å². The third kappa shape index (κ3) is 3.78. The van der Waals surface area contributed by atoms with Gasteiger partial charge in [-0.15, -0.1) is 0 Å². The number of benzene rings is 3. The minimum Gasteiger partial charge on any atom is -1.00 e. The molecule has 4 aromatic rings. The number of hydrogen-bond donors (Lipinski definition) is 0. The fourth-order valence-electron chi connectivity index (χ4n) is 3.18. The van der Waals surface area contributed by atoms with Gasteiger partial charge in [0.15, 0.2) is 7.14 Å². The van der Waals surface area contributed by atoms with E-state index in [0.717, 1.165) is 21.6 Å². The van der Waals surface area contributed by atoms with E-state index in [0.29, 0.717) is 0 Å². The Bertz CT molecular complexity index is 1030. The molecule has 0 atom stereocenters. The van der Waals surface area contributed by atoms with Crippen molar-refractivity contribution in [2.24, 2.45) is 7.05 Å². The van der Waals surface area contributed by atoms with Crippen LogP contribution in [-0.2, 0) is 11.6 Å². The first-order valence-electron chi connectivity index (χ1n) is 8.53. The summed E-state index contributed by atoms with van der Waals surface area (Å²) in [6.07, 6.45) is 5.98. The van der Waals surface area contributed by atoms with Crippen LogP contribution < -0.4 is 44.5 Å². The third-order valence-corrected chi connectivity index (χ3v) is 7.56. The second-order valence-electron chi connectivity index (χ2n) is 6.29. The Hall–Kier alpha value is -2.17. The lowest BCUT2D eigenvalue weighted by atomic mass is 10.3. The van der Waals surface area contributed by atoms with Crippen LogP contribution in [0.1, 0.15) is 0 Å². The average Bonchev–Trinajstić information content (AvgIpc) is 3.15. The zero-order valence-corrected chi connectivity index (χ0v) is 18.0. The highest BCUT2D eigenvalue weighted by Crippen LogP contribution is 2.42. The van der Waals surface area contributed by atoms with Gasteiger partial charge >= 0.3 is 0 Å². The van der Waals surface area contributed by atoms with Gasteiger partial charge in [-0.3, -0.25) is 0 Å². The molecule has 0 aliphatic carbocycles. The summed E-state index contributed by atoms with van der Waals surface area (Å²) in [5, 5.41) is 2.53. The molecule has 0 aliphatic rings. The molecular formula is C22H20IN2OP. The maximum atomic E-state index is 14.4. The first-order chi connectivity index (χ1) is 12.7. The van der Waals surface area contributed by atoms with Crippen LogP contribution in [0.3, 0.4) is 0 Å². The summed E-state index contributed by atoms with van der Waals surface area (Å²) < 4.78 is 18.4. The lowest BCUT2D eigenvalue weighted by molar-refractivity contribution is -0.670. The molecule has 0 unspecified atom stereocenters. The maximum Gasteiger partial charge on any atom is 0.248 e. The van der Waals surface area contributed by atoms with Crippen molar-refractivity contribution in [3.63, 3.8) is 0 Å². The van der Waals surface area contributed by atoms with Crippen LogP contribution in [0.15, 0.2) is 104 Å². The molecule has 5 heteroatoms. The van der Waals surface area contributed by atoms with Gasteiger partial charge in [0.2, 0.25) is 6.33 Å². The van der Waals surface area contributed by atoms with Gasteiger partial charge in [0, 0.05) is 15.9 Å². The van der Waals surface area contributed by atoms with Crippen molar-refractivity contribution in [2.75, 3.05) is 0 Å². The van der Waals surface area contributed by atoms with Crippen molar-refractivity contribution < 1.29 is 33.1 Å². The Morgan fingerprint density at radius 1 is 0.778 bits per heavy atom. The minimum absolute atomic E-state index is 0. The molecule has 0 saturated heterocycles. The van der Waals surface area contributed by atoms with Crippen molar-refractivity contribution in [3.05, 3.63) is 104 Å². The monoisotopic (exact) mass is 486 g/mol.